The van der Waals surface area contributed by atoms with Crippen LogP contribution in [-0.2, 0) is 6.61 Å². The molecular weight excluding hydrogens is 230 g/mol. The van der Waals surface area contributed by atoms with E-state index in [0.717, 1.165) is 5.56 Å². The molecular formula is C12H11N5O. The van der Waals surface area contributed by atoms with Gasteiger partial charge in [0.05, 0.1) is 0 Å². The second-order valence-corrected chi connectivity index (χ2v) is 3.75. The molecule has 0 unspecified atom stereocenters. The molecule has 0 spiro atoms. The first-order chi connectivity index (χ1) is 8.83. The molecule has 18 heavy (non-hydrogen) atoms. The van der Waals surface area contributed by atoms with Gasteiger partial charge in [0.1, 0.15) is 6.61 Å². The van der Waals surface area contributed by atoms with Crippen molar-refractivity contribution in [2.75, 3.05) is 5.73 Å². The van der Waals surface area contributed by atoms with Gasteiger partial charge < -0.3 is 10.5 Å². The number of pyridine rings is 2. The Bertz CT molecular complexity index is 665. The number of rotatable bonds is 3. The van der Waals surface area contributed by atoms with E-state index >= 15 is 0 Å². The Balaban J connectivity index is 1.86. The van der Waals surface area contributed by atoms with Gasteiger partial charge in [0.2, 0.25) is 11.8 Å². The lowest BCUT2D eigenvalue weighted by molar-refractivity contribution is 0.286. The molecule has 3 heterocycles. The standard InChI is InChI=1S/C12H11N5O/c13-12-15-10-4-1-5-11(17(10)16-12)18-8-9-3-2-6-14-7-9/h1-7H,8H2,(H2,13,16). The van der Waals surface area contributed by atoms with E-state index in [4.69, 9.17) is 10.5 Å². The number of hydrogen-bond donors (Lipinski definition) is 1. The monoisotopic (exact) mass is 241 g/mol. The Morgan fingerprint density at radius 2 is 2.17 bits per heavy atom. The van der Waals surface area contributed by atoms with Gasteiger partial charge in [-0.3, -0.25) is 4.98 Å². The third-order valence-corrected chi connectivity index (χ3v) is 2.45. The third kappa shape index (κ3) is 1.95. The number of aromatic nitrogens is 4. The van der Waals surface area contributed by atoms with Crippen LogP contribution < -0.4 is 10.5 Å². The predicted octanol–water partition coefficient (Wildman–Crippen LogP) is 1.29. The summed E-state index contributed by atoms with van der Waals surface area (Å²) >= 11 is 0. The molecule has 0 atom stereocenters. The number of nitrogens with two attached hydrogens (primary N) is 1. The lowest BCUT2D eigenvalue weighted by Gasteiger charge is -2.06. The summed E-state index contributed by atoms with van der Waals surface area (Å²) < 4.78 is 7.26. The first-order valence-electron chi connectivity index (χ1n) is 5.46. The smallest absolute Gasteiger partial charge is 0.240 e. The van der Waals surface area contributed by atoms with Crippen LogP contribution in [0.5, 0.6) is 5.88 Å². The van der Waals surface area contributed by atoms with Gasteiger partial charge in [-0.1, -0.05) is 12.1 Å². The molecule has 3 aromatic rings. The number of ether oxygens (including phenoxy) is 1. The molecule has 0 fully saturated rings. The molecule has 0 aromatic carbocycles. The van der Waals surface area contributed by atoms with Crippen molar-refractivity contribution in [3.63, 3.8) is 0 Å². The normalized spacial score (nSPS) is 10.7. The maximum atomic E-state index is 5.68. The predicted molar refractivity (Wildman–Crippen MR) is 66.0 cm³/mol. The topological polar surface area (TPSA) is 78.3 Å². The first-order valence-corrected chi connectivity index (χ1v) is 5.46. The van der Waals surface area contributed by atoms with Gasteiger partial charge in [-0.25, -0.2) is 0 Å². The van der Waals surface area contributed by atoms with Gasteiger partial charge in [0.25, 0.3) is 0 Å². The van der Waals surface area contributed by atoms with Gasteiger partial charge in [-0.15, -0.1) is 5.10 Å². The number of nitrogens with zero attached hydrogens (tertiary/aromatic N) is 4. The molecule has 0 radical (unpaired) electrons. The van der Waals surface area contributed by atoms with E-state index in [9.17, 15) is 0 Å². The maximum Gasteiger partial charge on any atom is 0.240 e. The van der Waals surface area contributed by atoms with Crippen molar-refractivity contribution in [2.45, 2.75) is 6.61 Å². The second kappa shape index (κ2) is 4.33. The largest absolute Gasteiger partial charge is 0.473 e. The summed E-state index contributed by atoms with van der Waals surface area (Å²) in [5.74, 6) is 0.827. The van der Waals surface area contributed by atoms with E-state index < -0.39 is 0 Å². The summed E-state index contributed by atoms with van der Waals surface area (Å²) in [5, 5.41) is 4.07. The third-order valence-electron chi connectivity index (χ3n) is 2.45. The van der Waals surface area contributed by atoms with Crippen LogP contribution >= 0.6 is 0 Å². The van der Waals surface area contributed by atoms with Gasteiger partial charge in [-0.05, 0) is 12.1 Å². The van der Waals surface area contributed by atoms with Gasteiger partial charge in [-0.2, -0.15) is 9.50 Å². The quantitative estimate of drug-likeness (QED) is 0.747. The van der Waals surface area contributed by atoms with Crippen LogP contribution in [0.2, 0.25) is 0 Å². The van der Waals surface area contributed by atoms with Crippen molar-refractivity contribution in [3.05, 3.63) is 48.3 Å². The summed E-state index contributed by atoms with van der Waals surface area (Å²) in [6, 6.07) is 9.30. The van der Waals surface area contributed by atoms with E-state index in [0.29, 0.717) is 18.1 Å². The van der Waals surface area contributed by atoms with Crippen molar-refractivity contribution >= 4 is 11.6 Å². The Labute approximate surface area is 103 Å². The number of anilines is 1. The van der Waals surface area contributed by atoms with E-state index in [-0.39, 0.29) is 5.95 Å². The average Bonchev–Trinajstić information content (AvgIpc) is 2.78. The zero-order chi connectivity index (χ0) is 12.4. The van der Waals surface area contributed by atoms with Gasteiger partial charge in [0.15, 0.2) is 5.65 Å². The Hall–Kier alpha value is -2.63. The summed E-state index contributed by atoms with van der Waals surface area (Å²) in [7, 11) is 0. The van der Waals surface area contributed by atoms with Crippen molar-refractivity contribution in [3.8, 4) is 5.88 Å². The molecule has 3 aromatic heterocycles. The molecule has 0 saturated heterocycles. The van der Waals surface area contributed by atoms with Crippen LogP contribution in [0, 0.1) is 0 Å². The Morgan fingerprint density at radius 3 is 3.00 bits per heavy atom. The molecule has 90 valence electrons. The molecule has 0 aliphatic carbocycles. The molecule has 2 N–H and O–H groups in total. The molecule has 6 heteroatoms. The average molecular weight is 241 g/mol. The van der Waals surface area contributed by atoms with E-state index in [1.165, 1.54) is 0 Å². The Kier molecular flexibility index (Phi) is 2.53. The highest BCUT2D eigenvalue weighted by atomic mass is 16.5. The van der Waals surface area contributed by atoms with Crippen molar-refractivity contribution in [1.29, 1.82) is 0 Å². The summed E-state index contributed by atoms with van der Waals surface area (Å²) in [6.45, 7) is 0.423. The van der Waals surface area contributed by atoms with Gasteiger partial charge >= 0.3 is 0 Å². The fourth-order valence-electron chi connectivity index (χ4n) is 1.65. The van der Waals surface area contributed by atoms with Crippen LogP contribution in [0.1, 0.15) is 5.56 Å². The SMILES string of the molecule is Nc1nc2cccc(OCc3cccnc3)n2n1. The lowest BCUT2D eigenvalue weighted by atomic mass is 10.3. The molecule has 3 rings (SSSR count). The summed E-state index contributed by atoms with van der Waals surface area (Å²) in [6.07, 6.45) is 3.48. The van der Waals surface area contributed by atoms with Crippen LogP contribution in [0.15, 0.2) is 42.7 Å². The number of hydrogen-bond acceptors (Lipinski definition) is 5. The van der Waals surface area contributed by atoms with Crippen molar-refractivity contribution in [2.24, 2.45) is 0 Å². The van der Waals surface area contributed by atoms with Crippen LogP contribution in [0.3, 0.4) is 0 Å². The molecule has 6 nitrogen and oxygen atoms in total. The summed E-state index contributed by atoms with van der Waals surface area (Å²) in [5.41, 5.74) is 7.21. The molecule has 0 aliphatic rings. The Morgan fingerprint density at radius 1 is 1.22 bits per heavy atom. The molecule has 0 bridgehead atoms. The minimum Gasteiger partial charge on any atom is -0.473 e. The zero-order valence-electron chi connectivity index (χ0n) is 9.52. The highest BCUT2D eigenvalue weighted by Gasteiger charge is 2.05. The highest BCUT2D eigenvalue weighted by Crippen LogP contribution is 2.15. The van der Waals surface area contributed by atoms with Gasteiger partial charge in [0, 0.05) is 24.0 Å². The van der Waals surface area contributed by atoms with Crippen molar-refractivity contribution < 1.29 is 4.74 Å². The second-order valence-electron chi connectivity index (χ2n) is 3.75. The number of nitrogen functional groups attached to an aromatic ring is 1. The molecule has 0 saturated carbocycles. The fraction of sp³-hybridized carbons (Fsp3) is 0.0833. The van der Waals surface area contributed by atoms with E-state index in [2.05, 4.69) is 15.1 Å². The number of fused-ring (bicyclic) bond motifs is 1. The molecule has 0 amide bonds. The van der Waals surface area contributed by atoms with Crippen LogP contribution in [0.4, 0.5) is 5.95 Å². The van der Waals surface area contributed by atoms with Crippen molar-refractivity contribution in [1.82, 2.24) is 19.6 Å². The zero-order valence-corrected chi connectivity index (χ0v) is 9.52. The minimum atomic E-state index is 0.229. The molecule has 0 aliphatic heterocycles. The maximum absolute atomic E-state index is 5.68. The fourth-order valence-corrected chi connectivity index (χ4v) is 1.65. The summed E-state index contributed by atoms with van der Waals surface area (Å²) in [4.78, 5) is 8.09. The highest BCUT2D eigenvalue weighted by molar-refractivity contribution is 5.44. The van der Waals surface area contributed by atoms with Crippen LogP contribution in [-0.4, -0.2) is 19.6 Å². The van der Waals surface area contributed by atoms with E-state index in [1.54, 1.807) is 16.9 Å². The minimum absolute atomic E-state index is 0.229. The van der Waals surface area contributed by atoms with E-state index in [1.807, 2.05) is 30.3 Å². The first kappa shape index (κ1) is 10.5. The lowest BCUT2D eigenvalue weighted by Crippen LogP contribution is -2.01. The van der Waals surface area contributed by atoms with Crippen LogP contribution in [0.25, 0.3) is 5.65 Å².